The van der Waals surface area contributed by atoms with E-state index in [4.69, 9.17) is 9.47 Å². The molecule has 0 saturated heterocycles. The van der Waals surface area contributed by atoms with Crippen molar-refractivity contribution < 1.29 is 27.4 Å². The second kappa shape index (κ2) is 6.34. The molecule has 132 valence electrons. The summed E-state index contributed by atoms with van der Waals surface area (Å²) in [6.07, 6.45) is 0. The highest BCUT2D eigenvalue weighted by Gasteiger charge is 2.20. The summed E-state index contributed by atoms with van der Waals surface area (Å²) in [5.41, 5.74) is 0.697. The number of carbonyl (C=O) groups is 1. The standard InChI is InChI=1S/C17H9F3N2O3S/c18-10-3-2-9(14(19)15(10)20)16(23)22-17-21-11(6-26-17)8-1-4-12-13(5-8)25-7-24-12/h1-6H,7H2,(H,21,22,23). The van der Waals surface area contributed by atoms with Gasteiger partial charge in [-0.05, 0) is 30.3 Å². The van der Waals surface area contributed by atoms with Crippen LogP contribution in [0.25, 0.3) is 11.3 Å². The molecule has 1 N–H and O–H groups in total. The molecule has 1 aliphatic rings. The Morgan fingerprint density at radius 2 is 1.88 bits per heavy atom. The minimum atomic E-state index is -1.70. The summed E-state index contributed by atoms with van der Waals surface area (Å²) in [6, 6.07) is 6.83. The van der Waals surface area contributed by atoms with Crippen LogP contribution < -0.4 is 14.8 Å². The van der Waals surface area contributed by atoms with Gasteiger partial charge in [0.1, 0.15) is 0 Å². The SMILES string of the molecule is O=C(Nc1nc(-c2ccc3c(c2)OCO3)cs1)c1ccc(F)c(F)c1F. The van der Waals surface area contributed by atoms with Crippen LogP contribution in [0.1, 0.15) is 10.4 Å². The summed E-state index contributed by atoms with van der Waals surface area (Å²) >= 11 is 1.11. The van der Waals surface area contributed by atoms with Crippen molar-refractivity contribution in [3.8, 4) is 22.8 Å². The second-order valence-electron chi connectivity index (χ2n) is 5.28. The molecule has 0 radical (unpaired) electrons. The quantitative estimate of drug-likeness (QED) is 0.694. The number of halogens is 3. The number of hydrogen-bond donors (Lipinski definition) is 1. The predicted octanol–water partition coefficient (Wildman–Crippen LogP) is 4.21. The number of fused-ring (bicyclic) bond motifs is 1. The molecule has 1 aromatic heterocycles. The average molecular weight is 378 g/mol. The maximum atomic E-state index is 13.7. The number of nitrogens with zero attached hydrogens (tertiary/aromatic N) is 1. The first kappa shape index (κ1) is 16.4. The van der Waals surface area contributed by atoms with Gasteiger partial charge in [0.05, 0.1) is 11.3 Å². The average Bonchev–Trinajstić information content (AvgIpc) is 3.28. The Labute approximate surface area is 149 Å². The van der Waals surface area contributed by atoms with Gasteiger partial charge in [-0.1, -0.05) is 0 Å². The Hall–Kier alpha value is -3.07. The normalized spacial score (nSPS) is 12.3. The Morgan fingerprint density at radius 3 is 2.73 bits per heavy atom. The van der Waals surface area contributed by atoms with Gasteiger partial charge in [-0.25, -0.2) is 18.2 Å². The third-order valence-corrected chi connectivity index (χ3v) is 4.43. The van der Waals surface area contributed by atoms with Crippen molar-refractivity contribution in [2.24, 2.45) is 0 Å². The zero-order valence-corrected chi connectivity index (χ0v) is 13.7. The third kappa shape index (κ3) is 2.86. The molecule has 2 aromatic carbocycles. The lowest BCUT2D eigenvalue weighted by atomic mass is 10.1. The van der Waals surface area contributed by atoms with Crippen LogP contribution >= 0.6 is 11.3 Å². The third-order valence-electron chi connectivity index (χ3n) is 3.67. The van der Waals surface area contributed by atoms with Crippen LogP contribution in [0.15, 0.2) is 35.7 Å². The maximum Gasteiger partial charge on any atom is 0.260 e. The van der Waals surface area contributed by atoms with Gasteiger partial charge in [0.25, 0.3) is 5.91 Å². The Morgan fingerprint density at radius 1 is 1.08 bits per heavy atom. The van der Waals surface area contributed by atoms with Crippen molar-refractivity contribution in [2.45, 2.75) is 0 Å². The van der Waals surface area contributed by atoms with E-state index in [-0.39, 0.29) is 11.9 Å². The van der Waals surface area contributed by atoms with Gasteiger partial charge in [-0.15, -0.1) is 11.3 Å². The highest BCUT2D eigenvalue weighted by Crippen LogP contribution is 2.36. The van der Waals surface area contributed by atoms with Crippen molar-refractivity contribution in [1.29, 1.82) is 0 Å². The first-order chi connectivity index (χ1) is 12.5. The number of thiazole rings is 1. The van der Waals surface area contributed by atoms with E-state index in [1.165, 1.54) is 0 Å². The van der Waals surface area contributed by atoms with E-state index in [0.717, 1.165) is 23.0 Å². The largest absolute Gasteiger partial charge is 0.454 e. The van der Waals surface area contributed by atoms with Gasteiger partial charge in [0.2, 0.25) is 6.79 Å². The van der Waals surface area contributed by atoms with Crippen molar-refractivity contribution in [2.75, 3.05) is 12.1 Å². The van der Waals surface area contributed by atoms with Gasteiger partial charge in [0, 0.05) is 10.9 Å². The number of anilines is 1. The maximum absolute atomic E-state index is 13.7. The van der Waals surface area contributed by atoms with E-state index in [9.17, 15) is 18.0 Å². The number of amides is 1. The summed E-state index contributed by atoms with van der Waals surface area (Å²) in [7, 11) is 0. The fraction of sp³-hybridized carbons (Fsp3) is 0.0588. The monoisotopic (exact) mass is 378 g/mol. The fourth-order valence-electron chi connectivity index (χ4n) is 2.39. The number of hydrogen-bond acceptors (Lipinski definition) is 5. The molecule has 26 heavy (non-hydrogen) atoms. The zero-order valence-electron chi connectivity index (χ0n) is 12.9. The molecule has 0 atom stereocenters. The Balaban J connectivity index is 1.55. The highest BCUT2D eigenvalue weighted by atomic mass is 32.1. The molecule has 9 heteroatoms. The van der Waals surface area contributed by atoms with Gasteiger partial charge in [-0.2, -0.15) is 0 Å². The fourth-order valence-corrected chi connectivity index (χ4v) is 3.10. The van der Waals surface area contributed by atoms with Gasteiger partial charge in [0.15, 0.2) is 34.1 Å². The molecule has 1 aliphatic heterocycles. The van der Waals surface area contributed by atoms with Crippen molar-refractivity contribution in [3.05, 3.63) is 58.7 Å². The molecular formula is C17H9F3N2O3S. The van der Waals surface area contributed by atoms with Gasteiger partial charge >= 0.3 is 0 Å². The van der Waals surface area contributed by atoms with Crippen LogP contribution in [0.3, 0.4) is 0 Å². The van der Waals surface area contributed by atoms with E-state index in [2.05, 4.69) is 10.3 Å². The highest BCUT2D eigenvalue weighted by molar-refractivity contribution is 7.14. The molecule has 0 bridgehead atoms. The van der Waals surface area contributed by atoms with Crippen molar-refractivity contribution in [3.63, 3.8) is 0 Å². The lowest BCUT2D eigenvalue weighted by Gasteiger charge is -2.04. The summed E-state index contributed by atoms with van der Waals surface area (Å²) in [4.78, 5) is 16.3. The molecular weight excluding hydrogens is 369 g/mol. The minimum Gasteiger partial charge on any atom is -0.454 e. The van der Waals surface area contributed by atoms with Crippen LogP contribution in [0.4, 0.5) is 18.3 Å². The van der Waals surface area contributed by atoms with E-state index >= 15 is 0 Å². The Kier molecular flexibility index (Phi) is 4.00. The van der Waals surface area contributed by atoms with Crippen molar-refractivity contribution in [1.82, 2.24) is 4.98 Å². The molecule has 0 unspecified atom stereocenters. The zero-order chi connectivity index (χ0) is 18.3. The number of benzene rings is 2. The van der Waals surface area contributed by atoms with E-state index in [0.29, 0.717) is 23.3 Å². The van der Waals surface area contributed by atoms with Crippen LogP contribution in [-0.4, -0.2) is 17.7 Å². The molecule has 3 aromatic rings. The molecule has 2 heterocycles. The van der Waals surface area contributed by atoms with E-state index in [1.54, 1.807) is 23.6 Å². The number of nitrogens with one attached hydrogen (secondary N) is 1. The summed E-state index contributed by atoms with van der Waals surface area (Å²) in [5.74, 6) is -4.31. The molecule has 0 fully saturated rings. The van der Waals surface area contributed by atoms with Crippen LogP contribution in [0.5, 0.6) is 11.5 Å². The first-order valence-electron chi connectivity index (χ1n) is 7.33. The van der Waals surface area contributed by atoms with Crippen LogP contribution in [0.2, 0.25) is 0 Å². The summed E-state index contributed by atoms with van der Waals surface area (Å²) in [6.45, 7) is 0.150. The van der Waals surface area contributed by atoms with E-state index in [1.807, 2.05) is 0 Å². The lowest BCUT2D eigenvalue weighted by molar-refractivity contribution is 0.102. The number of carbonyl (C=O) groups excluding carboxylic acids is 1. The smallest absolute Gasteiger partial charge is 0.260 e. The second-order valence-corrected chi connectivity index (χ2v) is 6.14. The molecule has 1 amide bonds. The van der Waals surface area contributed by atoms with Gasteiger partial charge < -0.3 is 9.47 Å². The minimum absolute atomic E-state index is 0.150. The van der Waals surface area contributed by atoms with Crippen LogP contribution in [0, 0.1) is 17.5 Å². The Bertz CT molecular complexity index is 1020. The van der Waals surface area contributed by atoms with Gasteiger partial charge in [-0.3, -0.25) is 10.1 Å². The van der Waals surface area contributed by atoms with E-state index < -0.39 is 28.9 Å². The number of ether oxygens (including phenoxy) is 2. The van der Waals surface area contributed by atoms with Crippen LogP contribution in [-0.2, 0) is 0 Å². The first-order valence-corrected chi connectivity index (χ1v) is 8.21. The molecule has 0 saturated carbocycles. The lowest BCUT2D eigenvalue weighted by Crippen LogP contribution is -2.15. The molecule has 4 rings (SSSR count). The topological polar surface area (TPSA) is 60.5 Å². The molecule has 0 spiro atoms. The summed E-state index contributed by atoms with van der Waals surface area (Å²) < 4.78 is 50.4. The van der Waals surface area contributed by atoms with Crippen molar-refractivity contribution >= 4 is 22.4 Å². The molecule has 0 aliphatic carbocycles. The molecule has 5 nitrogen and oxygen atoms in total. The predicted molar refractivity (Wildman–Crippen MR) is 87.9 cm³/mol. The number of rotatable bonds is 3. The number of aromatic nitrogens is 1. The summed E-state index contributed by atoms with van der Waals surface area (Å²) in [5, 5.41) is 4.25.